The summed E-state index contributed by atoms with van der Waals surface area (Å²) in [4.78, 5) is 14.4. The van der Waals surface area contributed by atoms with Crippen molar-refractivity contribution < 1.29 is 14.6 Å². The lowest BCUT2D eigenvalue weighted by atomic mass is 9.79. The summed E-state index contributed by atoms with van der Waals surface area (Å²) in [6.45, 7) is 9.05. The molecule has 1 aliphatic rings. The van der Waals surface area contributed by atoms with Crippen molar-refractivity contribution in [1.82, 2.24) is 4.90 Å². The van der Waals surface area contributed by atoms with E-state index < -0.39 is 5.60 Å². The highest BCUT2D eigenvalue weighted by molar-refractivity contribution is 5.97. The van der Waals surface area contributed by atoms with Crippen molar-refractivity contribution in [3.8, 4) is 5.75 Å². The third-order valence-corrected chi connectivity index (χ3v) is 4.25. The summed E-state index contributed by atoms with van der Waals surface area (Å²) in [5.74, 6) is 0.518. The quantitative estimate of drug-likeness (QED) is 0.922. The number of rotatable bonds is 3. The Kier molecular flexibility index (Phi) is 3.78. The summed E-state index contributed by atoms with van der Waals surface area (Å²) in [5.41, 5.74) is -0.630. The molecule has 0 radical (unpaired) electrons. The molecule has 20 heavy (non-hydrogen) atoms. The van der Waals surface area contributed by atoms with E-state index in [4.69, 9.17) is 4.74 Å². The van der Waals surface area contributed by atoms with Crippen LogP contribution in [0.2, 0.25) is 0 Å². The van der Waals surface area contributed by atoms with Gasteiger partial charge >= 0.3 is 0 Å². The number of amides is 1. The molecule has 1 amide bonds. The minimum atomic E-state index is -0.872. The molecule has 1 heterocycles. The van der Waals surface area contributed by atoms with E-state index in [0.29, 0.717) is 31.0 Å². The number of para-hydroxylation sites is 1. The molecular weight excluding hydrogens is 254 g/mol. The Balaban J connectivity index is 2.26. The normalized spacial score (nSPS) is 24.8. The van der Waals surface area contributed by atoms with Crippen LogP contribution in [-0.4, -0.2) is 41.2 Å². The maximum atomic E-state index is 12.7. The molecule has 0 unspecified atom stereocenters. The summed E-state index contributed by atoms with van der Waals surface area (Å²) in [6, 6.07) is 7.25. The second-order valence-corrected chi connectivity index (χ2v) is 6.25. The van der Waals surface area contributed by atoms with E-state index in [1.54, 1.807) is 24.0 Å². The number of nitrogens with zero attached hydrogens (tertiary/aromatic N) is 1. The van der Waals surface area contributed by atoms with Gasteiger partial charge in [0.2, 0.25) is 0 Å². The average Bonchev–Trinajstić information content (AvgIpc) is 2.59. The fourth-order valence-electron chi connectivity index (χ4n) is 2.53. The fourth-order valence-corrected chi connectivity index (χ4v) is 2.53. The number of hydrogen-bond acceptors (Lipinski definition) is 3. The van der Waals surface area contributed by atoms with Crippen LogP contribution in [0.3, 0.4) is 0 Å². The molecule has 0 bridgehead atoms. The summed E-state index contributed by atoms with van der Waals surface area (Å²) in [5, 5.41) is 10.4. The van der Waals surface area contributed by atoms with E-state index in [0.717, 1.165) is 0 Å². The van der Waals surface area contributed by atoms with Gasteiger partial charge < -0.3 is 14.7 Å². The van der Waals surface area contributed by atoms with Crippen LogP contribution in [0, 0.1) is 5.41 Å². The van der Waals surface area contributed by atoms with Gasteiger partial charge in [-0.2, -0.15) is 0 Å². The third kappa shape index (κ3) is 2.52. The van der Waals surface area contributed by atoms with Crippen molar-refractivity contribution in [3.63, 3.8) is 0 Å². The topological polar surface area (TPSA) is 49.8 Å². The smallest absolute Gasteiger partial charge is 0.257 e. The summed E-state index contributed by atoms with van der Waals surface area (Å²) in [6.07, 6.45) is 0. The third-order valence-electron chi connectivity index (χ3n) is 4.25. The number of likely N-dealkylation sites (tertiary alicyclic amines) is 1. The molecule has 0 spiro atoms. The molecule has 4 nitrogen and oxygen atoms in total. The van der Waals surface area contributed by atoms with E-state index >= 15 is 0 Å². The van der Waals surface area contributed by atoms with Gasteiger partial charge in [-0.25, -0.2) is 0 Å². The van der Waals surface area contributed by atoms with Gasteiger partial charge in [0.25, 0.3) is 5.91 Å². The molecule has 0 saturated carbocycles. The van der Waals surface area contributed by atoms with Crippen molar-refractivity contribution in [2.45, 2.75) is 33.3 Å². The van der Waals surface area contributed by atoms with Crippen LogP contribution in [0.4, 0.5) is 0 Å². The molecule has 1 aromatic rings. The Morgan fingerprint density at radius 1 is 1.30 bits per heavy atom. The van der Waals surface area contributed by atoms with Crippen molar-refractivity contribution >= 4 is 5.91 Å². The molecule has 1 aromatic carbocycles. The maximum absolute atomic E-state index is 12.7. The predicted molar refractivity (Wildman–Crippen MR) is 77.9 cm³/mol. The van der Waals surface area contributed by atoms with E-state index in [1.165, 1.54) is 0 Å². The van der Waals surface area contributed by atoms with E-state index in [-0.39, 0.29) is 11.3 Å². The summed E-state index contributed by atoms with van der Waals surface area (Å²) < 4.78 is 5.51. The van der Waals surface area contributed by atoms with Crippen molar-refractivity contribution in [2.24, 2.45) is 5.41 Å². The van der Waals surface area contributed by atoms with Gasteiger partial charge in [0.15, 0.2) is 0 Å². The standard InChI is InChI=1S/C16H23NO3/c1-5-20-13-9-7-6-8-12(13)14(18)17-10-15(2,3)16(4,19)11-17/h6-9,19H,5,10-11H2,1-4H3/t16-/m0/s1. The van der Waals surface area contributed by atoms with Crippen molar-refractivity contribution in [3.05, 3.63) is 29.8 Å². The highest BCUT2D eigenvalue weighted by Gasteiger charge is 2.49. The van der Waals surface area contributed by atoms with Gasteiger partial charge in [0.05, 0.1) is 24.3 Å². The first-order valence-electron chi connectivity index (χ1n) is 7.02. The van der Waals surface area contributed by atoms with Crippen LogP contribution in [0.5, 0.6) is 5.75 Å². The van der Waals surface area contributed by atoms with Crippen molar-refractivity contribution in [2.75, 3.05) is 19.7 Å². The molecule has 110 valence electrons. The molecule has 4 heteroatoms. The van der Waals surface area contributed by atoms with Crippen LogP contribution >= 0.6 is 0 Å². The highest BCUT2D eigenvalue weighted by atomic mass is 16.5. The van der Waals surface area contributed by atoms with Gasteiger partial charge in [0.1, 0.15) is 5.75 Å². The first kappa shape index (κ1) is 14.9. The Hall–Kier alpha value is -1.55. The van der Waals surface area contributed by atoms with Crippen molar-refractivity contribution in [1.29, 1.82) is 0 Å². The molecule has 1 saturated heterocycles. The number of aliphatic hydroxyl groups is 1. The zero-order valence-electron chi connectivity index (χ0n) is 12.6. The number of β-amino-alcohol motifs (C(OH)–C–C–N with tert-alkyl or cyclic N) is 1. The van der Waals surface area contributed by atoms with Gasteiger partial charge in [-0.15, -0.1) is 0 Å². The molecule has 0 aliphatic carbocycles. The number of carbonyl (C=O) groups is 1. The predicted octanol–water partition coefficient (Wildman–Crippen LogP) is 2.32. The van der Waals surface area contributed by atoms with Gasteiger partial charge in [-0.05, 0) is 26.0 Å². The molecule has 2 rings (SSSR count). The highest BCUT2D eigenvalue weighted by Crippen LogP contribution is 2.39. The monoisotopic (exact) mass is 277 g/mol. The Labute approximate surface area is 120 Å². The largest absolute Gasteiger partial charge is 0.493 e. The second kappa shape index (κ2) is 5.09. The van der Waals surface area contributed by atoms with Crippen LogP contribution in [0.25, 0.3) is 0 Å². The Bertz CT molecular complexity index is 492. The lowest BCUT2D eigenvalue weighted by molar-refractivity contribution is -0.0108. The van der Waals surface area contributed by atoms with Crippen LogP contribution in [-0.2, 0) is 0 Å². The van der Waals surface area contributed by atoms with Crippen LogP contribution < -0.4 is 4.74 Å². The molecule has 1 atom stereocenters. The molecular formula is C16H23NO3. The number of hydrogen-bond donors (Lipinski definition) is 1. The van der Waals surface area contributed by atoms with Crippen LogP contribution in [0.1, 0.15) is 38.1 Å². The number of carbonyl (C=O) groups excluding carboxylic acids is 1. The lowest BCUT2D eigenvalue weighted by Gasteiger charge is -2.30. The zero-order chi connectivity index (χ0) is 15.0. The average molecular weight is 277 g/mol. The lowest BCUT2D eigenvalue weighted by Crippen LogP contribution is -2.40. The summed E-state index contributed by atoms with van der Waals surface area (Å²) >= 11 is 0. The first-order chi connectivity index (χ1) is 9.28. The van der Waals surface area contributed by atoms with Gasteiger partial charge in [-0.1, -0.05) is 26.0 Å². The zero-order valence-corrected chi connectivity index (χ0v) is 12.6. The maximum Gasteiger partial charge on any atom is 0.257 e. The van der Waals surface area contributed by atoms with Gasteiger partial charge in [0, 0.05) is 12.0 Å². The fraction of sp³-hybridized carbons (Fsp3) is 0.562. The van der Waals surface area contributed by atoms with E-state index in [2.05, 4.69) is 0 Å². The minimum absolute atomic E-state index is 0.0834. The van der Waals surface area contributed by atoms with Crippen LogP contribution in [0.15, 0.2) is 24.3 Å². The van der Waals surface area contributed by atoms with E-state index in [1.807, 2.05) is 32.9 Å². The Morgan fingerprint density at radius 2 is 1.95 bits per heavy atom. The molecule has 1 fully saturated rings. The second-order valence-electron chi connectivity index (χ2n) is 6.25. The van der Waals surface area contributed by atoms with E-state index in [9.17, 15) is 9.90 Å². The van der Waals surface area contributed by atoms with Gasteiger partial charge in [-0.3, -0.25) is 4.79 Å². The SMILES string of the molecule is CCOc1ccccc1C(=O)N1CC(C)(C)[C@@](C)(O)C1. The molecule has 0 aromatic heterocycles. The Morgan fingerprint density at radius 3 is 2.50 bits per heavy atom. The number of benzene rings is 1. The first-order valence-corrected chi connectivity index (χ1v) is 7.02. The molecule has 1 N–H and O–H groups in total. The number of ether oxygens (including phenoxy) is 1. The summed E-state index contributed by atoms with van der Waals surface area (Å²) in [7, 11) is 0. The molecule has 1 aliphatic heterocycles. The minimum Gasteiger partial charge on any atom is -0.493 e.